The normalized spacial score (nSPS) is 10.8. The Balaban J connectivity index is 3.62. The van der Waals surface area contributed by atoms with Crippen molar-refractivity contribution in [2.24, 2.45) is 0 Å². The Labute approximate surface area is 86.0 Å². The molecule has 0 spiro atoms. The lowest BCUT2D eigenvalue weighted by Gasteiger charge is -2.05. The molecule has 0 heterocycles. The van der Waals surface area contributed by atoms with Crippen LogP contribution in [0.3, 0.4) is 0 Å². The van der Waals surface area contributed by atoms with E-state index >= 15 is 0 Å². The summed E-state index contributed by atoms with van der Waals surface area (Å²) in [6, 6.07) is 0. The molecule has 0 radical (unpaired) electrons. The summed E-state index contributed by atoms with van der Waals surface area (Å²) in [5.41, 5.74) is 0. The molecule has 0 atom stereocenters. The first-order valence-electron chi connectivity index (χ1n) is 4.84. The van der Waals surface area contributed by atoms with Crippen LogP contribution in [0.5, 0.6) is 0 Å². The maximum Gasteiger partial charge on any atom is 0.132 e. The highest BCUT2D eigenvalue weighted by molar-refractivity contribution is 5.77. The molecular weight excluding hydrogens is 176 g/mol. The van der Waals surface area contributed by atoms with Crippen molar-refractivity contribution in [3.63, 3.8) is 0 Å². The monoisotopic (exact) mass is 194 g/mol. The lowest BCUT2D eigenvalue weighted by atomic mass is 10.2. The lowest BCUT2D eigenvalue weighted by molar-refractivity contribution is -0.119. The van der Waals surface area contributed by atoms with Gasteiger partial charge in [0.05, 0.1) is 6.61 Å². The van der Waals surface area contributed by atoms with Crippen LogP contribution in [0.1, 0.15) is 26.2 Å². The van der Waals surface area contributed by atoms with Gasteiger partial charge in [-0.2, -0.15) is 0 Å². The number of carbonyl (C=O) groups excluding carboxylic acids is 1. The highest BCUT2D eigenvalue weighted by atomic mass is 16.5. The van der Waals surface area contributed by atoms with E-state index in [-0.39, 0.29) is 5.78 Å². The molecule has 2 heteroatoms. The summed E-state index contributed by atoms with van der Waals surface area (Å²) in [7, 11) is 0. The van der Waals surface area contributed by atoms with Crippen LogP contribution in [0.4, 0.5) is 0 Å². The van der Waals surface area contributed by atoms with E-state index in [1.165, 1.54) is 0 Å². The summed E-state index contributed by atoms with van der Waals surface area (Å²) < 4.78 is 5.35. The Kier molecular flexibility index (Phi) is 7.52. The molecule has 0 saturated carbocycles. The molecule has 0 bridgehead atoms. The van der Waals surface area contributed by atoms with Gasteiger partial charge in [0.25, 0.3) is 0 Å². The van der Waals surface area contributed by atoms with E-state index < -0.39 is 0 Å². The third kappa shape index (κ3) is 6.23. The third-order valence-electron chi connectivity index (χ3n) is 1.75. The number of hydrogen-bond acceptors (Lipinski definition) is 2. The summed E-state index contributed by atoms with van der Waals surface area (Å²) in [6.45, 7) is 9.59. The van der Waals surface area contributed by atoms with Gasteiger partial charge in [-0.1, -0.05) is 26.2 Å². The Hall–Kier alpha value is -1.31. The number of rotatable bonds is 8. The molecule has 0 aromatic rings. The van der Waals surface area contributed by atoms with Gasteiger partial charge in [0, 0.05) is 12.8 Å². The van der Waals surface area contributed by atoms with Crippen LogP contribution in [-0.4, -0.2) is 12.4 Å². The van der Waals surface area contributed by atoms with Gasteiger partial charge in [-0.25, -0.2) is 0 Å². The first kappa shape index (κ1) is 12.7. The molecule has 0 fully saturated rings. The topological polar surface area (TPSA) is 26.3 Å². The molecule has 0 unspecified atom stereocenters. The van der Waals surface area contributed by atoms with Gasteiger partial charge in [0.2, 0.25) is 0 Å². The SMILES string of the molecule is C=C/C=C(\C=C)OCCCC(=O)CC. The van der Waals surface area contributed by atoms with Crippen molar-refractivity contribution in [1.82, 2.24) is 0 Å². The van der Waals surface area contributed by atoms with Gasteiger partial charge in [-0.3, -0.25) is 4.79 Å². The predicted octanol–water partition coefficient (Wildman–Crippen LogP) is 3.02. The van der Waals surface area contributed by atoms with Crippen molar-refractivity contribution >= 4 is 5.78 Å². The van der Waals surface area contributed by atoms with Crippen LogP contribution in [0.25, 0.3) is 0 Å². The van der Waals surface area contributed by atoms with Crippen LogP contribution >= 0.6 is 0 Å². The van der Waals surface area contributed by atoms with E-state index in [9.17, 15) is 4.79 Å². The Bertz CT molecular complexity index is 226. The van der Waals surface area contributed by atoms with Gasteiger partial charge < -0.3 is 4.74 Å². The molecule has 0 aromatic carbocycles. The molecule has 78 valence electrons. The second-order valence-corrected chi connectivity index (χ2v) is 2.85. The van der Waals surface area contributed by atoms with Crippen LogP contribution in [0.2, 0.25) is 0 Å². The highest BCUT2D eigenvalue weighted by Crippen LogP contribution is 2.02. The maximum atomic E-state index is 10.9. The van der Waals surface area contributed by atoms with Crippen molar-refractivity contribution < 1.29 is 9.53 Å². The Morgan fingerprint density at radius 2 is 2.14 bits per heavy atom. The number of Topliss-reactive ketones (excluding diaryl/α,β-unsaturated/α-hetero) is 1. The van der Waals surface area contributed by atoms with Crippen molar-refractivity contribution in [1.29, 1.82) is 0 Å². The van der Waals surface area contributed by atoms with Gasteiger partial charge in [-0.05, 0) is 18.6 Å². The molecule has 0 rings (SSSR count). The highest BCUT2D eigenvalue weighted by Gasteiger charge is 1.98. The average Bonchev–Trinajstić information content (AvgIpc) is 2.22. The molecule has 0 N–H and O–H groups in total. The van der Waals surface area contributed by atoms with Crippen LogP contribution in [-0.2, 0) is 9.53 Å². The fourth-order valence-electron chi connectivity index (χ4n) is 0.927. The van der Waals surface area contributed by atoms with Gasteiger partial charge in [0.15, 0.2) is 0 Å². The van der Waals surface area contributed by atoms with Gasteiger partial charge in [-0.15, -0.1) is 0 Å². The molecule has 14 heavy (non-hydrogen) atoms. The number of ketones is 1. The summed E-state index contributed by atoms with van der Waals surface area (Å²) in [5, 5.41) is 0. The van der Waals surface area contributed by atoms with E-state index in [2.05, 4.69) is 13.2 Å². The minimum absolute atomic E-state index is 0.279. The number of ether oxygens (including phenoxy) is 1. The molecule has 0 aliphatic rings. The summed E-state index contributed by atoms with van der Waals surface area (Å²) in [6.07, 6.45) is 6.98. The second kappa shape index (κ2) is 8.30. The first-order valence-corrected chi connectivity index (χ1v) is 4.84. The Morgan fingerprint density at radius 1 is 1.43 bits per heavy atom. The molecule has 0 aliphatic heterocycles. The van der Waals surface area contributed by atoms with Crippen molar-refractivity contribution in [3.8, 4) is 0 Å². The molecule has 0 aromatic heterocycles. The van der Waals surface area contributed by atoms with Gasteiger partial charge >= 0.3 is 0 Å². The van der Waals surface area contributed by atoms with Gasteiger partial charge in [0.1, 0.15) is 11.5 Å². The second-order valence-electron chi connectivity index (χ2n) is 2.85. The van der Waals surface area contributed by atoms with E-state index in [1.54, 1.807) is 18.2 Å². The van der Waals surface area contributed by atoms with E-state index in [1.807, 2.05) is 6.92 Å². The standard InChI is InChI=1S/C12H18O2/c1-4-8-12(6-3)14-10-7-9-11(13)5-2/h4,6,8H,1,3,5,7,9-10H2,2H3/b12-8+. The van der Waals surface area contributed by atoms with E-state index in [0.29, 0.717) is 25.2 Å². The van der Waals surface area contributed by atoms with Crippen LogP contribution < -0.4 is 0 Å². The van der Waals surface area contributed by atoms with Crippen molar-refractivity contribution in [3.05, 3.63) is 37.1 Å². The number of allylic oxidation sites excluding steroid dienone is 3. The molecule has 0 saturated heterocycles. The molecule has 0 aliphatic carbocycles. The lowest BCUT2D eigenvalue weighted by Crippen LogP contribution is -1.99. The summed E-state index contributed by atoms with van der Waals surface area (Å²) in [5.74, 6) is 0.977. The van der Waals surface area contributed by atoms with E-state index in [0.717, 1.165) is 6.42 Å². The molecule has 0 amide bonds. The minimum Gasteiger partial charge on any atom is -0.494 e. The fourth-order valence-corrected chi connectivity index (χ4v) is 0.927. The third-order valence-corrected chi connectivity index (χ3v) is 1.75. The summed E-state index contributed by atoms with van der Waals surface area (Å²) in [4.78, 5) is 10.9. The average molecular weight is 194 g/mol. The fraction of sp³-hybridized carbons (Fsp3) is 0.417. The van der Waals surface area contributed by atoms with Crippen LogP contribution in [0.15, 0.2) is 37.1 Å². The quantitative estimate of drug-likeness (QED) is 0.337. The maximum absolute atomic E-state index is 10.9. The first-order chi connectivity index (χ1) is 6.74. The van der Waals surface area contributed by atoms with Crippen LogP contribution in [0, 0.1) is 0 Å². The molecular formula is C12H18O2. The Morgan fingerprint density at radius 3 is 2.64 bits per heavy atom. The van der Waals surface area contributed by atoms with E-state index in [4.69, 9.17) is 4.74 Å². The minimum atomic E-state index is 0.279. The zero-order valence-corrected chi connectivity index (χ0v) is 8.79. The van der Waals surface area contributed by atoms with Crippen molar-refractivity contribution in [2.75, 3.05) is 6.61 Å². The zero-order chi connectivity index (χ0) is 10.8. The smallest absolute Gasteiger partial charge is 0.132 e. The number of hydrogen-bond donors (Lipinski definition) is 0. The zero-order valence-electron chi connectivity index (χ0n) is 8.79. The van der Waals surface area contributed by atoms with Crippen molar-refractivity contribution in [2.45, 2.75) is 26.2 Å². The largest absolute Gasteiger partial charge is 0.494 e. The number of carbonyl (C=O) groups is 1. The molecule has 2 nitrogen and oxygen atoms in total. The predicted molar refractivity (Wildman–Crippen MR) is 59.0 cm³/mol. The summed E-state index contributed by atoms with van der Waals surface area (Å²) >= 11 is 0.